The Morgan fingerprint density at radius 2 is 2.38 bits per heavy atom. The maximum absolute atomic E-state index is 5.99. The number of halogens is 2. The van der Waals surface area contributed by atoms with E-state index in [1.807, 2.05) is 6.07 Å². The van der Waals surface area contributed by atoms with Gasteiger partial charge in [0.15, 0.2) is 0 Å². The Labute approximate surface area is 91.6 Å². The Bertz CT molecular complexity index is 291. The monoisotopic (exact) mass is 262 g/mol. The van der Waals surface area contributed by atoms with Crippen LogP contribution in [0, 0.1) is 0 Å². The minimum atomic E-state index is -0.0504. The van der Waals surface area contributed by atoms with Gasteiger partial charge in [-0.05, 0) is 28.4 Å². The SMILES string of the molecule is CCC[C@H](N)c1ncc(Br)cc1Cl. The predicted molar refractivity (Wildman–Crippen MR) is 58.8 cm³/mol. The van der Waals surface area contributed by atoms with Crippen molar-refractivity contribution < 1.29 is 0 Å². The lowest BCUT2D eigenvalue weighted by Gasteiger charge is -2.11. The van der Waals surface area contributed by atoms with Gasteiger partial charge in [0, 0.05) is 16.7 Å². The lowest BCUT2D eigenvalue weighted by atomic mass is 10.1. The molecular weight excluding hydrogens is 251 g/mol. The second kappa shape index (κ2) is 4.94. The highest BCUT2D eigenvalue weighted by molar-refractivity contribution is 9.10. The maximum Gasteiger partial charge on any atom is 0.0757 e. The topological polar surface area (TPSA) is 38.9 Å². The molecule has 0 spiro atoms. The molecule has 72 valence electrons. The van der Waals surface area contributed by atoms with Crippen LogP contribution in [0.4, 0.5) is 0 Å². The molecule has 1 heterocycles. The highest BCUT2D eigenvalue weighted by Crippen LogP contribution is 2.24. The van der Waals surface area contributed by atoms with Gasteiger partial charge >= 0.3 is 0 Å². The number of pyridine rings is 1. The minimum Gasteiger partial charge on any atom is -0.323 e. The quantitative estimate of drug-likeness (QED) is 0.909. The fourth-order valence-electron chi connectivity index (χ4n) is 1.15. The standard InChI is InChI=1S/C9H12BrClN2/c1-2-3-8(12)9-7(11)4-6(10)5-13-9/h4-5,8H,2-3,12H2,1H3/t8-/m0/s1. The van der Waals surface area contributed by atoms with Crippen LogP contribution in [0.3, 0.4) is 0 Å². The molecule has 0 aromatic carbocycles. The van der Waals surface area contributed by atoms with Crippen LogP contribution in [-0.2, 0) is 0 Å². The summed E-state index contributed by atoms with van der Waals surface area (Å²) in [7, 11) is 0. The van der Waals surface area contributed by atoms with Crippen LogP contribution in [0.2, 0.25) is 5.02 Å². The fourth-order valence-corrected chi connectivity index (χ4v) is 1.92. The molecule has 0 saturated heterocycles. The smallest absolute Gasteiger partial charge is 0.0757 e. The zero-order valence-electron chi connectivity index (χ0n) is 7.43. The van der Waals surface area contributed by atoms with Crippen LogP contribution in [0.5, 0.6) is 0 Å². The summed E-state index contributed by atoms with van der Waals surface area (Å²) in [6.07, 6.45) is 3.67. The van der Waals surface area contributed by atoms with Crippen LogP contribution in [0.1, 0.15) is 31.5 Å². The van der Waals surface area contributed by atoms with E-state index >= 15 is 0 Å². The van der Waals surface area contributed by atoms with E-state index in [-0.39, 0.29) is 6.04 Å². The van der Waals surface area contributed by atoms with E-state index in [1.54, 1.807) is 6.20 Å². The molecule has 0 aliphatic carbocycles. The second-order valence-electron chi connectivity index (χ2n) is 2.92. The van der Waals surface area contributed by atoms with Crippen molar-refractivity contribution in [3.63, 3.8) is 0 Å². The van der Waals surface area contributed by atoms with Gasteiger partial charge in [0.25, 0.3) is 0 Å². The lowest BCUT2D eigenvalue weighted by Crippen LogP contribution is -2.12. The van der Waals surface area contributed by atoms with Crippen molar-refractivity contribution in [1.82, 2.24) is 4.98 Å². The van der Waals surface area contributed by atoms with Crippen molar-refractivity contribution in [3.05, 3.63) is 27.5 Å². The Balaban J connectivity index is 2.88. The summed E-state index contributed by atoms with van der Waals surface area (Å²) < 4.78 is 0.880. The normalized spacial score (nSPS) is 12.9. The maximum atomic E-state index is 5.99. The molecule has 0 radical (unpaired) electrons. The van der Waals surface area contributed by atoms with Crippen molar-refractivity contribution in [1.29, 1.82) is 0 Å². The van der Waals surface area contributed by atoms with E-state index < -0.39 is 0 Å². The van der Waals surface area contributed by atoms with E-state index in [9.17, 15) is 0 Å². The van der Waals surface area contributed by atoms with Crippen molar-refractivity contribution >= 4 is 27.5 Å². The van der Waals surface area contributed by atoms with Crippen LogP contribution < -0.4 is 5.73 Å². The third kappa shape index (κ3) is 2.93. The largest absolute Gasteiger partial charge is 0.323 e. The number of nitrogens with zero attached hydrogens (tertiary/aromatic N) is 1. The Morgan fingerprint density at radius 1 is 1.69 bits per heavy atom. The molecule has 0 bridgehead atoms. The first-order chi connectivity index (χ1) is 6.15. The van der Waals surface area contributed by atoms with Gasteiger partial charge < -0.3 is 5.73 Å². The van der Waals surface area contributed by atoms with E-state index in [0.717, 1.165) is 23.0 Å². The summed E-state index contributed by atoms with van der Waals surface area (Å²) in [6, 6.07) is 1.77. The molecule has 1 aromatic heterocycles. The van der Waals surface area contributed by atoms with E-state index in [1.165, 1.54) is 0 Å². The van der Waals surface area contributed by atoms with Gasteiger partial charge in [-0.15, -0.1) is 0 Å². The van der Waals surface area contributed by atoms with Gasteiger partial charge in [0.05, 0.1) is 10.7 Å². The number of rotatable bonds is 3. The third-order valence-corrected chi connectivity index (χ3v) is 2.52. The predicted octanol–water partition coefficient (Wildman–Crippen LogP) is 3.30. The van der Waals surface area contributed by atoms with Gasteiger partial charge in [-0.1, -0.05) is 24.9 Å². The first kappa shape index (κ1) is 11.0. The third-order valence-electron chi connectivity index (χ3n) is 1.79. The zero-order chi connectivity index (χ0) is 9.84. The van der Waals surface area contributed by atoms with Crippen molar-refractivity contribution in [3.8, 4) is 0 Å². The van der Waals surface area contributed by atoms with Gasteiger partial charge in [-0.2, -0.15) is 0 Å². The van der Waals surface area contributed by atoms with Crippen LogP contribution in [-0.4, -0.2) is 4.98 Å². The Hall–Kier alpha value is -0.120. The molecule has 1 aromatic rings. The Morgan fingerprint density at radius 3 is 2.92 bits per heavy atom. The Kier molecular flexibility index (Phi) is 4.16. The molecule has 2 N–H and O–H groups in total. The second-order valence-corrected chi connectivity index (χ2v) is 4.24. The molecular formula is C9H12BrClN2. The minimum absolute atomic E-state index is 0.0504. The molecule has 0 aliphatic heterocycles. The van der Waals surface area contributed by atoms with Gasteiger partial charge in [-0.3, -0.25) is 4.98 Å². The van der Waals surface area contributed by atoms with Crippen molar-refractivity contribution in [2.24, 2.45) is 5.73 Å². The van der Waals surface area contributed by atoms with E-state index in [4.69, 9.17) is 17.3 Å². The molecule has 1 rings (SSSR count). The van der Waals surface area contributed by atoms with Crippen LogP contribution >= 0.6 is 27.5 Å². The molecule has 0 saturated carbocycles. The molecule has 0 unspecified atom stereocenters. The highest BCUT2D eigenvalue weighted by Gasteiger charge is 2.10. The zero-order valence-corrected chi connectivity index (χ0v) is 9.77. The van der Waals surface area contributed by atoms with Gasteiger partial charge in [0.1, 0.15) is 0 Å². The van der Waals surface area contributed by atoms with Crippen LogP contribution in [0.25, 0.3) is 0 Å². The summed E-state index contributed by atoms with van der Waals surface area (Å²) >= 11 is 9.28. The van der Waals surface area contributed by atoms with E-state index in [0.29, 0.717) is 5.02 Å². The summed E-state index contributed by atoms with van der Waals surface area (Å²) in [5.74, 6) is 0. The van der Waals surface area contributed by atoms with Crippen molar-refractivity contribution in [2.75, 3.05) is 0 Å². The summed E-state index contributed by atoms with van der Waals surface area (Å²) in [5.41, 5.74) is 6.68. The first-order valence-electron chi connectivity index (χ1n) is 4.21. The number of hydrogen-bond acceptors (Lipinski definition) is 2. The van der Waals surface area contributed by atoms with Crippen molar-refractivity contribution in [2.45, 2.75) is 25.8 Å². The van der Waals surface area contributed by atoms with E-state index in [2.05, 4.69) is 27.8 Å². The fraction of sp³-hybridized carbons (Fsp3) is 0.444. The number of nitrogens with two attached hydrogens (primary N) is 1. The molecule has 0 aliphatic rings. The van der Waals surface area contributed by atoms with Crippen LogP contribution in [0.15, 0.2) is 16.7 Å². The van der Waals surface area contributed by atoms with Gasteiger partial charge in [-0.25, -0.2) is 0 Å². The first-order valence-corrected chi connectivity index (χ1v) is 5.38. The molecule has 4 heteroatoms. The molecule has 0 amide bonds. The summed E-state index contributed by atoms with van der Waals surface area (Å²) in [5, 5.41) is 0.635. The molecule has 0 fully saturated rings. The average Bonchev–Trinajstić information content (AvgIpc) is 2.04. The molecule has 2 nitrogen and oxygen atoms in total. The average molecular weight is 264 g/mol. The lowest BCUT2D eigenvalue weighted by molar-refractivity contribution is 0.622. The summed E-state index contributed by atoms with van der Waals surface area (Å²) in [6.45, 7) is 2.09. The molecule has 1 atom stereocenters. The highest BCUT2D eigenvalue weighted by atomic mass is 79.9. The number of aromatic nitrogens is 1. The number of hydrogen-bond donors (Lipinski definition) is 1. The summed E-state index contributed by atoms with van der Waals surface area (Å²) in [4.78, 5) is 4.19. The van der Waals surface area contributed by atoms with Gasteiger partial charge in [0.2, 0.25) is 0 Å². The molecule has 13 heavy (non-hydrogen) atoms.